The van der Waals surface area contributed by atoms with Crippen LogP contribution in [0, 0.1) is 29.8 Å². The Morgan fingerprint density at radius 1 is 1.25 bits per heavy atom. The third-order valence-electron chi connectivity index (χ3n) is 4.31. The molecule has 1 aromatic carbocycles. The van der Waals surface area contributed by atoms with E-state index in [1.165, 1.54) is 23.0 Å². The molecule has 2 aromatic heterocycles. The lowest BCUT2D eigenvalue weighted by Crippen LogP contribution is -2.16. The molecule has 2 heterocycles. The van der Waals surface area contributed by atoms with Gasteiger partial charge in [-0.3, -0.25) is 9.48 Å². The Morgan fingerprint density at radius 3 is 2.68 bits per heavy atom. The van der Waals surface area contributed by atoms with Crippen LogP contribution in [0.4, 0.5) is 15.9 Å². The quantitative estimate of drug-likeness (QED) is 0.496. The SMILES string of the molecule is Cc1nn(Cc2ccccc2F)c(C)c1NC(=O)CCn1ccc([N+](=O)[O-])n1. The van der Waals surface area contributed by atoms with Crippen molar-refractivity contribution in [2.24, 2.45) is 0 Å². The fourth-order valence-corrected chi connectivity index (χ4v) is 2.81. The summed E-state index contributed by atoms with van der Waals surface area (Å²) in [6, 6.07) is 7.74. The Balaban J connectivity index is 1.65. The molecule has 0 fully saturated rings. The number of hydrogen-bond donors (Lipinski definition) is 1. The van der Waals surface area contributed by atoms with Gasteiger partial charge in [-0.15, -0.1) is 0 Å². The van der Waals surface area contributed by atoms with Crippen LogP contribution >= 0.6 is 0 Å². The first-order valence-electron chi connectivity index (χ1n) is 8.60. The van der Waals surface area contributed by atoms with Gasteiger partial charge in [-0.2, -0.15) is 9.78 Å². The number of nitrogens with one attached hydrogen (secondary N) is 1. The van der Waals surface area contributed by atoms with E-state index in [4.69, 9.17) is 0 Å². The minimum Gasteiger partial charge on any atom is -0.358 e. The van der Waals surface area contributed by atoms with Crippen LogP contribution in [0.2, 0.25) is 0 Å². The second kappa shape index (κ2) is 7.99. The van der Waals surface area contributed by atoms with Crippen molar-refractivity contribution in [2.75, 3.05) is 5.32 Å². The molecule has 0 bridgehead atoms. The molecular weight excluding hydrogens is 367 g/mol. The molecule has 28 heavy (non-hydrogen) atoms. The van der Waals surface area contributed by atoms with E-state index in [2.05, 4.69) is 15.5 Å². The number of halogens is 1. The molecule has 0 saturated carbocycles. The third-order valence-corrected chi connectivity index (χ3v) is 4.31. The largest absolute Gasteiger partial charge is 0.389 e. The number of rotatable bonds is 7. The van der Waals surface area contributed by atoms with Crippen molar-refractivity contribution in [2.45, 2.75) is 33.4 Å². The Hall–Kier alpha value is -3.56. The predicted octanol–water partition coefficient (Wildman–Crippen LogP) is 2.82. The fourth-order valence-electron chi connectivity index (χ4n) is 2.81. The van der Waals surface area contributed by atoms with Crippen molar-refractivity contribution in [3.63, 3.8) is 0 Å². The highest BCUT2D eigenvalue weighted by Crippen LogP contribution is 2.21. The van der Waals surface area contributed by atoms with Crippen molar-refractivity contribution in [1.82, 2.24) is 19.6 Å². The topological polar surface area (TPSA) is 108 Å². The second-order valence-electron chi connectivity index (χ2n) is 6.29. The molecule has 3 aromatic rings. The van der Waals surface area contributed by atoms with Gasteiger partial charge in [0.25, 0.3) is 0 Å². The number of amides is 1. The zero-order valence-electron chi connectivity index (χ0n) is 15.4. The number of nitrogens with zero attached hydrogens (tertiary/aromatic N) is 5. The summed E-state index contributed by atoms with van der Waals surface area (Å²) >= 11 is 0. The molecule has 0 unspecified atom stereocenters. The van der Waals surface area contributed by atoms with Crippen LogP contribution < -0.4 is 5.32 Å². The van der Waals surface area contributed by atoms with Crippen molar-refractivity contribution >= 4 is 17.4 Å². The Bertz CT molecular complexity index is 1030. The number of aromatic nitrogens is 4. The van der Waals surface area contributed by atoms with Gasteiger partial charge in [-0.25, -0.2) is 4.39 Å². The molecule has 0 aliphatic rings. The molecule has 0 atom stereocenters. The summed E-state index contributed by atoms with van der Waals surface area (Å²) in [5.41, 5.74) is 2.42. The number of benzene rings is 1. The minimum atomic E-state index is -0.590. The molecule has 0 saturated heterocycles. The zero-order chi connectivity index (χ0) is 20.3. The lowest BCUT2D eigenvalue weighted by atomic mass is 10.2. The normalized spacial score (nSPS) is 10.8. The van der Waals surface area contributed by atoms with E-state index < -0.39 is 4.92 Å². The molecule has 146 valence electrons. The van der Waals surface area contributed by atoms with Crippen LogP contribution in [0.1, 0.15) is 23.4 Å². The van der Waals surface area contributed by atoms with Gasteiger partial charge >= 0.3 is 5.82 Å². The van der Waals surface area contributed by atoms with Gasteiger partial charge in [-0.05, 0) is 24.8 Å². The van der Waals surface area contributed by atoms with E-state index in [1.807, 2.05) is 0 Å². The summed E-state index contributed by atoms with van der Waals surface area (Å²) in [6.07, 6.45) is 1.55. The van der Waals surface area contributed by atoms with Gasteiger partial charge < -0.3 is 15.4 Å². The van der Waals surface area contributed by atoms with Crippen molar-refractivity contribution in [3.05, 3.63) is 69.4 Å². The van der Waals surface area contributed by atoms with Crippen LogP contribution in [0.15, 0.2) is 36.5 Å². The number of carbonyl (C=O) groups excluding carboxylic acids is 1. The number of nitro groups is 1. The summed E-state index contributed by atoms with van der Waals surface area (Å²) in [7, 11) is 0. The predicted molar refractivity (Wildman–Crippen MR) is 99.3 cm³/mol. The van der Waals surface area contributed by atoms with Gasteiger partial charge in [0.15, 0.2) is 0 Å². The van der Waals surface area contributed by atoms with Crippen LogP contribution in [0.5, 0.6) is 0 Å². The van der Waals surface area contributed by atoms with Gasteiger partial charge in [-0.1, -0.05) is 18.2 Å². The zero-order valence-corrected chi connectivity index (χ0v) is 15.4. The summed E-state index contributed by atoms with van der Waals surface area (Å²) in [6.45, 7) is 4.03. The molecule has 0 aliphatic heterocycles. The maximum Gasteiger partial charge on any atom is 0.389 e. The molecule has 10 heteroatoms. The Morgan fingerprint density at radius 2 is 2.00 bits per heavy atom. The first-order valence-corrected chi connectivity index (χ1v) is 8.60. The Labute approximate surface area is 159 Å². The van der Waals surface area contributed by atoms with Gasteiger partial charge in [0.05, 0.1) is 47.5 Å². The lowest BCUT2D eigenvalue weighted by molar-refractivity contribution is -0.389. The van der Waals surface area contributed by atoms with E-state index >= 15 is 0 Å². The minimum absolute atomic E-state index is 0.0935. The number of carbonyl (C=O) groups is 1. The van der Waals surface area contributed by atoms with Crippen LogP contribution in [-0.2, 0) is 17.9 Å². The fraction of sp³-hybridized carbons (Fsp3) is 0.278. The molecule has 1 amide bonds. The van der Waals surface area contributed by atoms with Crippen molar-refractivity contribution < 1.29 is 14.1 Å². The number of anilines is 1. The monoisotopic (exact) mass is 386 g/mol. The summed E-state index contributed by atoms with van der Waals surface area (Å²) in [5.74, 6) is -0.842. The second-order valence-corrected chi connectivity index (χ2v) is 6.29. The van der Waals surface area contributed by atoms with Gasteiger partial charge in [0.2, 0.25) is 5.91 Å². The van der Waals surface area contributed by atoms with E-state index in [-0.39, 0.29) is 37.1 Å². The van der Waals surface area contributed by atoms with Crippen LogP contribution in [-0.4, -0.2) is 30.4 Å². The lowest BCUT2D eigenvalue weighted by Gasteiger charge is -2.08. The van der Waals surface area contributed by atoms with Crippen molar-refractivity contribution in [3.8, 4) is 0 Å². The average Bonchev–Trinajstić information content (AvgIpc) is 3.23. The van der Waals surface area contributed by atoms with Crippen LogP contribution in [0.25, 0.3) is 0 Å². The molecule has 1 N–H and O–H groups in total. The van der Waals surface area contributed by atoms with E-state index in [0.717, 1.165) is 0 Å². The van der Waals surface area contributed by atoms with E-state index in [9.17, 15) is 19.3 Å². The van der Waals surface area contributed by atoms with Crippen molar-refractivity contribution in [1.29, 1.82) is 0 Å². The van der Waals surface area contributed by atoms with E-state index in [0.29, 0.717) is 22.6 Å². The summed E-state index contributed by atoms with van der Waals surface area (Å²) in [4.78, 5) is 22.3. The molecule has 0 radical (unpaired) electrons. The first-order chi connectivity index (χ1) is 13.3. The highest BCUT2D eigenvalue weighted by molar-refractivity contribution is 5.91. The third kappa shape index (κ3) is 4.22. The molecule has 9 nitrogen and oxygen atoms in total. The molecule has 3 rings (SSSR count). The number of hydrogen-bond acceptors (Lipinski definition) is 5. The maximum absolute atomic E-state index is 13.9. The summed E-state index contributed by atoms with van der Waals surface area (Å²) in [5, 5.41) is 21.6. The van der Waals surface area contributed by atoms with Gasteiger partial charge in [0, 0.05) is 12.0 Å². The van der Waals surface area contributed by atoms with E-state index in [1.54, 1.807) is 36.7 Å². The highest BCUT2D eigenvalue weighted by Gasteiger charge is 2.16. The Kier molecular flexibility index (Phi) is 5.48. The highest BCUT2D eigenvalue weighted by atomic mass is 19.1. The maximum atomic E-state index is 13.9. The number of aryl methyl sites for hydroxylation is 2. The molecule has 0 spiro atoms. The first kappa shape index (κ1) is 19.2. The summed E-state index contributed by atoms with van der Waals surface area (Å²) < 4.78 is 16.9. The standard InChI is InChI=1S/C18H19FN6O3/c1-12-18(13(2)24(21-12)11-14-5-3-4-6-15(14)19)20-17(26)8-10-23-9-7-16(22-23)25(27)28/h3-7,9H,8,10-11H2,1-2H3,(H,20,26). The molecular formula is C18H19FN6O3. The average molecular weight is 386 g/mol. The smallest absolute Gasteiger partial charge is 0.358 e. The van der Waals surface area contributed by atoms with Crippen LogP contribution in [0.3, 0.4) is 0 Å². The van der Waals surface area contributed by atoms with Gasteiger partial charge in [0.1, 0.15) is 5.82 Å². The molecule has 0 aliphatic carbocycles.